The van der Waals surface area contributed by atoms with Crippen molar-refractivity contribution in [3.8, 4) is 0 Å². The van der Waals surface area contributed by atoms with Crippen LogP contribution in [0.3, 0.4) is 0 Å². The van der Waals surface area contributed by atoms with Crippen molar-refractivity contribution in [2.75, 3.05) is 5.32 Å². The van der Waals surface area contributed by atoms with Gasteiger partial charge in [-0.3, -0.25) is 0 Å². The fourth-order valence-electron chi connectivity index (χ4n) is 0.874. The third-order valence-electron chi connectivity index (χ3n) is 1.47. The fraction of sp³-hybridized carbons (Fsp3) is 0.125. The van der Waals surface area contributed by atoms with Crippen LogP contribution < -0.4 is 11.1 Å². The van der Waals surface area contributed by atoms with E-state index in [1.165, 1.54) is 0 Å². The van der Waals surface area contributed by atoms with E-state index in [-0.39, 0.29) is 5.69 Å². The van der Waals surface area contributed by atoms with Gasteiger partial charge < -0.3 is 5.32 Å². The van der Waals surface area contributed by atoms with Crippen molar-refractivity contribution in [2.24, 2.45) is 0 Å². The molecule has 0 fully saturated rings. The molecule has 0 bridgehead atoms. The van der Waals surface area contributed by atoms with Crippen LogP contribution in [0.25, 0.3) is 0 Å². The van der Waals surface area contributed by atoms with Gasteiger partial charge in [-0.1, -0.05) is 0 Å². The number of amides is 2. The van der Waals surface area contributed by atoms with Crippen LogP contribution in [0, 0.1) is 0 Å². The van der Waals surface area contributed by atoms with Crippen molar-refractivity contribution >= 4 is 11.7 Å². The van der Waals surface area contributed by atoms with Crippen LogP contribution in [0.5, 0.6) is 0 Å². The molecule has 1 rings (SSSR count). The lowest BCUT2D eigenvalue weighted by Crippen LogP contribution is -2.10. The Kier molecular flexibility index (Phi) is 2.64. The Labute approximate surface area is 77.7 Å². The lowest BCUT2D eigenvalue weighted by molar-refractivity contribution is -0.137. The molecule has 0 aliphatic rings. The molecule has 0 aliphatic heterocycles. The largest absolute Gasteiger partial charge is 0.416 e. The van der Waals surface area contributed by atoms with Crippen LogP contribution in [0.1, 0.15) is 5.56 Å². The Hall–Kier alpha value is -1.72. The molecule has 3 nitrogen and oxygen atoms in total. The zero-order chi connectivity index (χ0) is 10.8. The summed E-state index contributed by atoms with van der Waals surface area (Å²) >= 11 is 0. The molecule has 1 aromatic rings. The molecule has 0 aliphatic carbocycles. The van der Waals surface area contributed by atoms with E-state index < -0.39 is 17.8 Å². The van der Waals surface area contributed by atoms with Crippen LogP contribution in [0.15, 0.2) is 24.3 Å². The smallest absolute Gasteiger partial charge is 0.307 e. The lowest BCUT2D eigenvalue weighted by atomic mass is 10.2. The van der Waals surface area contributed by atoms with E-state index in [1.54, 1.807) is 0 Å². The van der Waals surface area contributed by atoms with E-state index in [0.29, 0.717) is 0 Å². The second-order valence-corrected chi connectivity index (χ2v) is 2.53. The van der Waals surface area contributed by atoms with Gasteiger partial charge in [0.1, 0.15) is 0 Å². The Morgan fingerprint density at radius 1 is 1.21 bits per heavy atom. The third kappa shape index (κ3) is 2.65. The maximum Gasteiger partial charge on any atom is 0.416 e. The maximum absolute atomic E-state index is 12.1. The van der Waals surface area contributed by atoms with Gasteiger partial charge in [-0.05, 0) is 24.3 Å². The van der Waals surface area contributed by atoms with Crippen LogP contribution >= 0.6 is 0 Å². The molecule has 0 unspecified atom stereocenters. The predicted molar refractivity (Wildman–Crippen MR) is 43.6 cm³/mol. The average Bonchev–Trinajstić information content (AvgIpc) is 2.02. The first-order valence-electron chi connectivity index (χ1n) is 3.59. The number of carbonyl (C=O) groups is 1. The lowest BCUT2D eigenvalue weighted by Gasteiger charge is -2.07. The molecule has 0 saturated carbocycles. The molecule has 75 valence electrons. The summed E-state index contributed by atoms with van der Waals surface area (Å²) < 4.78 is 36.2. The number of halogens is 3. The number of benzene rings is 1. The second-order valence-electron chi connectivity index (χ2n) is 2.53. The molecular weight excluding hydrogens is 197 g/mol. The summed E-state index contributed by atoms with van der Waals surface area (Å²) in [5.41, 5.74) is 5.89. The van der Waals surface area contributed by atoms with Gasteiger partial charge in [-0.25, -0.2) is 10.5 Å². The Bertz CT molecular complexity index is 331. The quantitative estimate of drug-likeness (QED) is 0.749. The highest BCUT2D eigenvalue weighted by Crippen LogP contribution is 2.29. The van der Waals surface area contributed by atoms with Gasteiger partial charge in [-0.15, -0.1) is 0 Å². The van der Waals surface area contributed by atoms with Crippen LogP contribution in [0.4, 0.5) is 23.7 Å². The van der Waals surface area contributed by atoms with Crippen molar-refractivity contribution in [3.63, 3.8) is 0 Å². The first-order chi connectivity index (χ1) is 6.39. The van der Waals surface area contributed by atoms with E-state index in [1.807, 2.05) is 5.32 Å². The Morgan fingerprint density at radius 2 is 1.71 bits per heavy atom. The van der Waals surface area contributed by atoms with E-state index in [2.05, 4.69) is 0 Å². The highest BCUT2D eigenvalue weighted by Gasteiger charge is 2.29. The molecule has 1 radical (unpaired) electrons. The molecule has 2 N–H and O–H groups in total. The van der Waals surface area contributed by atoms with Gasteiger partial charge in [-0.2, -0.15) is 13.2 Å². The zero-order valence-electron chi connectivity index (χ0n) is 6.85. The van der Waals surface area contributed by atoms with Crippen molar-refractivity contribution in [1.29, 1.82) is 0 Å². The molecule has 14 heavy (non-hydrogen) atoms. The number of rotatable bonds is 1. The van der Waals surface area contributed by atoms with E-state index in [4.69, 9.17) is 5.73 Å². The van der Waals surface area contributed by atoms with Crippen molar-refractivity contribution in [2.45, 2.75) is 6.18 Å². The fourth-order valence-corrected chi connectivity index (χ4v) is 0.874. The number of hydrogen-bond donors (Lipinski definition) is 1. The number of carbonyl (C=O) groups excluding carboxylic acids is 1. The van der Waals surface area contributed by atoms with Crippen LogP contribution in [-0.4, -0.2) is 6.03 Å². The van der Waals surface area contributed by atoms with Crippen LogP contribution in [0.2, 0.25) is 0 Å². The van der Waals surface area contributed by atoms with E-state index >= 15 is 0 Å². The van der Waals surface area contributed by atoms with Crippen molar-refractivity contribution in [1.82, 2.24) is 5.73 Å². The number of anilines is 1. The minimum Gasteiger partial charge on any atom is -0.307 e. The molecule has 0 saturated heterocycles. The van der Waals surface area contributed by atoms with Crippen LogP contribution in [-0.2, 0) is 6.18 Å². The average molecular weight is 203 g/mol. The second kappa shape index (κ2) is 3.57. The van der Waals surface area contributed by atoms with Gasteiger partial charge in [0, 0.05) is 5.69 Å². The molecule has 0 aromatic heterocycles. The van der Waals surface area contributed by atoms with Gasteiger partial charge in [0.15, 0.2) is 0 Å². The number of urea groups is 1. The normalized spacial score (nSPS) is 11.1. The summed E-state index contributed by atoms with van der Waals surface area (Å²) in [5.74, 6) is 0. The minimum atomic E-state index is -4.39. The van der Waals surface area contributed by atoms with Gasteiger partial charge in [0.25, 0.3) is 0 Å². The molecule has 6 heteroatoms. The number of hydrogen-bond acceptors (Lipinski definition) is 1. The third-order valence-corrected chi connectivity index (χ3v) is 1.47. The molecule has 0 atom stereocenters. The van der Waals surface area contributed by atoms with Crippen molar-refractivity contribution in [3.05, 3.63) is 29.8 Å². The molecule has 0 heterocycles. The minimum absolute atomic E-state index is 0.165. The zero-order valence-corrected chi connectivity index (χ0v) is 6.85. The van der Waals surface area contributed by atoms with Crippen molar-refractivity contribution < 1.29 is 18.0 Å². The Balaban J connectivity index is 2.84. The number of nitrogens with one attached hydrogen (secondary N) is 2. The summed E-state index contributed by atoms with van der Waals surface area (Å²) in [6, 6.07) is 2.80. The van der Waals surface area contributed by atoms with Gasteiger partial charge in [0.05, 0.1) is 5.56 Å². The molecule has 1 aromatic carbocycles. The Morgan fingerprint density at radius 3 is 2.07 bits per heavy atom. The highest BCUT2D eigenvalue weighted by molar-refractivity contribution is 5.87. The topological polar surface area (TPSA) is 52.9 Å². The van der Waals surface area contributed by atoms with E-state index in [9.17, 15) is 18.0 Å². The summed E-state index contributed by atoms with van der Waals surface area (Å²) in [7, 11) is 0. The maximum atomic E-state index is 12.1. The summed E-state index contributed by atoms with van der Waals surface area (Å²) in [5, 5.41) is 2.04. The standard InChI is InChI=1S/C8H6F3N2O/c9-8(10,11)5-1-3-6(4-2-5)13-7(12)14/h1-4,12H,(H,13,14). The molecular formula is C8H6F3N2O. The van der Waals surface area contributed by atoms with E-state index in [0.717, 1.165) is 24.3 Å². The summed E-state index contributed by atoms with van der Waals surface area (Å²) in [4.78, 5) is 10.2. The monoisotopic (exact) mass is 203 g/mol. The SMILES string of the molecule is [NH]C(=O)Nc1ccc(C(F)(F)F)cc1. The van der Waals surface area contributed by atoms with Gasteiger partial charge >= 0.3 is 12.2 Å². The molecule has 2 amide bonds. The summed E-state index contributed by atoms with van der Waals surface area (Å²) in [6.45, 7) is 0. The summed E-state index contributed by atoms with van der Waals surface area (Å²) in [6.07, 6.45) is -4.39. The first-order valence-corrected chi connectivity index (χ1v) is 3.59. The molecule has 0 spiro atoms. The first kappa shape index (κ1) is 10.4. The highest BCUT2D eigenvalue weighted by atomic mass is 19.4. The predicted octanol–water partition coefficient (Wildman–Crippen LogP) is 2.52. The number of alkyl halides is 3. The van der Waals surface area contributed by atoms with Gasteiger partial charge in [0.2, 0.25) is 0 Å².